The van der Waals surface area contributed by atoms with Crippen LogP contribution in [0.1, 0.15) is 36.1 Å². The number of methoxy groups -OCH3 is 1. The average molecular weight is 473 g/mol. The molecule has 0 spiro atoms. The summed E-state index contributed by atoms with van der Waals surface area (Å²) in [6, 6.07) is 21.4. The summed E-state index contributed by atoms with van der Waals surface area (Å²) in [5, 5.41) is 2.95. The van der Waals surface area contributed by atoms with Crippen molar-refractivity contribution in [3.63, 3.8) is 0 Å². The van der Waals surface area contributed by atoms with Crippen molar-refractivity contribution in [3.8, 4) is 0 Å². The van der Waals surface area contributed by atoms with Gasteiger partial charge < -0.3 is 10.1 Å². The zero-order chi connectivity index (χ0) is 25.2. The van der Waals surface area contributed by atoms with Gasteiger partial charge in [0.05, 0.1) is 13.7 Å². The first-order valence-corrected chi connectivity index (χ1v) is 11.3. The number of amides is 2. The Morgan fingerprint density at radius 2 is 1.57 bits per heavy atom. The van der Waals surface area contributed by atoms with E-state index in [1.807, 2.05) is 80.6 Å². The number of nitrogens with zero attached hydrogens (tertiary/aromatic N) is 1. The SMILES string of the molecule is COC(=O)/C=C/c1cccc(N(Cc2ccc(/C=C/c3cccc(F)c3)cc2)C(=O)NC(C)C)c1. The summed E-state index contributed by atoms with van der Waals surface area (Å²) in [6.07, 6.45) is 6.76. The van der Waals surface area contributed by atoms with E-state index in [9.17, 15) is 14.0 Å². The second-order valence-corrected chi connectivity index (χ2v) is 8.27. The Hall–Kier alpha value is -4.19. The summed E-state index contributed by atoms with van der Waals surface area (Å²) in [5.74, 6) is -0.719. The molecular weight excluding hydrogens is 443 g/mol. The van der Waals surface area contributed by atoms with Crippen molar-refractivity contribution in [2.24, 2.45) is 0 Å². The molecule has 3 aromatic carbocycles. The highest BCUT2D eigenvalue weighted by Crippen LogP contribution is 2.21. The monoisotopic (exact) mass is 472 g/mol. The topological polar surface area (TPSA) is 58.6 Å². The number of nitrogens with one attached hydrogen (secondary N) is 1. The van der Waals surface area contributed by atoms with Crippen LogP contribution >= 0.6 is 0 Å². The molecule has 0 aromatic heterocycles. The lowest BCUT2D eigenvalue weighted by molar-refractivity contribution is -0.134. The predicted molar refractivity (Wildman–Crippen MR) is 139 cm³/mol. The maximum atomic E-state index is 13.4. The van der Waals surface area contributed by atoms with Crippen molar-refractivity contribution in [2.75, 3.05) is 12.0 Å². The summed E-state index contributed by atoms with van der Waals surface area (Å²) < 4.78 is 18.0. The van der Waals surface area contributed by atoms with E-state index in [0.717, 1.165) is 22.3 Å². The number of ether oxygens (including phenoxy) is 1. The molecule has 3 rings (SSSR count). The molecule has 0 aliphatic heterocycles. The van der Waals surface area contributed by atoms with Crippen molar-refractivity contribution < 1.29 is 18.7 Å². The summed E-state index contributed by atoms with van der Waals surface area (Å²) in [4.78, 5) is 26.1. The van der Waals surface area contributed by atoms with E-state index in [0.29, 0.717) is 12.2 Å². The minimum atomic E-state index is -0.448. The fourth-order valence-corrected chi connectivity index (χ4v) is 3.35. The fourth-order valence-electron chi connectivity index (χ4n) is 3.35. The van der Waals surface area contributed by atoms with Gasteiger partial charge in [-0.05, 0) is 66.4 Å². The number of esters is 1. The zero-order valence-electron chi connectivity index (χ0n) is 20.1. The smallest absolute Gasteiger partial charge is 0.330 e. The first kappa shape index (κ1) is 25.4. The second-order valence-electron chi connectivity index (χ2n) is 8.27. The summed E-state index contributed by atoms with van der Waals surface area (Å²) in [7, 11) is 1.32. The van der Waals surface area contributed by atoms with Crippen LogP contribution < -0.4 is 10.2 Å². The molecule has 0 unspecified atom stereocenters. The molecule has 0 radical (unpaired) electrons. The lowest BCUT2D eigenvalue weighted by Crippen LogP contribution is -2.42. The first-order chi connectivity index (χ1) is 16.8. The number of anilines is 1. The largest absolute Gasteiger partial charge is 0.466 e. The molecule has 0 saturated carbocycles. The Balaban J connectivity index is 1.80. The molecule has 0 heterocycles. The average Bonchev–Trinajstić information content (AvgIpc) is 2.85. The molecule has 0 bridgehead atoms. The third-order valence-electron chi connectivity index (χ3n) is 5.09. The quantitative estimate of drug-likeness (QED) is 0.238. The van der Waals surface area contributed by atoms with Crippen LogP contribution in [0.3, 0.4) is 0 Å². The molecule has 35 heavy (non-hydrogen) atoms. The summed E-state index contributed by atoms with van der Waals surface area (Å²) in [6.45, 7) is 4.17. The maximum Gasteiger partial charge on any atom is 0.330 e. The maximum absolute atomic E-state index is 13.4. The molecule has 2 amide bonds. The minimum absolute atomic E-state index is 0.0252. The Morgan fingerprint density at radius 1 is 0.914 bits per heavy atom. The fraction of sp³-hybridized carbons (Fsp3) is 0.172. The van der Waals surface area contributed by atoms with E-state index in [-0.39, 0.29) is 17.9 Å². The molecule has 1 N–H and O–H groups in total. The molecular formula is C29H29FN2O3. The Labute approximate surface area is 205 Å². The summed E-state index contributed by atoms with van der Waals surface area (Å²) in [5.41, 5.74) is 4.17. The molecule has 3 aromatic rings. The van der Waals surface area contributed by atoms with Gasteiger partial charge in [-0.1, -0.05) is 60.7 Å². The van der Waals surface area contributed by atoms with Crippen LogP contribution in [0, 0.1) is 5.82 Å². The van der Waals surface area contributed by atoms with Crippen molar-refractivity contribution in [2.45, 2.75) is 26.4 Å². The van der Waals surface area contributed by atoms with Crippen LogP contribution in [0.4, 0.5) is 14.9 Å². The van der Waals surface area contributed by atoms with Crippen molar-refractivity contribution in [3.05, 3.63) is 107 Å². The molecule has 5 nitrogen and oxygen atoms in total. The van der Waals surface area contributed by atoms with Gasteiger partial charge in [0.1, 0.15) is 5.82 Å². The van der Waals surface area contributed by atoms with Gasteiger partial charge >= 0.3 is 12.0 Å². The van der Waals surface area contributed by atoms with Crippen LogP contribution in [0.15, 0.2) is 78.9 Å². The van der Waals surface area contributed by atoms with Crippen LogP contribution in [0.25, 0.3) is 18.2 Å². The van der Waals surface area contributed by atoms with E-state index >= 15 is 0 Å². The Bertz CT molecular complexity index is 1220. The lowest BCUT2D eigenvalue weighted by Gasteiger charge is -2.25. The van der Waals surface area contributed by atoms with Crippen molar-refractivity contribution in [1.82, 2.24) is 5.32 Å². The lowest BCUT2D eigenvalue weighted by atomic mass is 10.1. The third-order valence-corrected chi connectivity index (χ3v) is 5.09. The van der Waals surface area contributed by atoms with Gasteiger partial charge in [0.25, 0.3) is 0 Å². The van der Waals surface area contributed by atoms with Gasteiger partial charge in [-0.15, -0.1) is 0 Å². The van der Waals surface area contributed by atoms with E-state index in [2.05, 4.69) is 10.1 Å². The second kappa shape index (κ2) is 12.3. The number of hydrogen-bond acceptors (Lipinski definition) is 3. The van der Waals surface area contributed by atoms with Crippen LogP contribution in [-0.4, -0.2) is 25.2 Å². The molecule has 0 fully saturated rings. The molecule has 6 heteroatoms. The normalized spacial score (nSPS) is 11.2. The van der Waals surface area contributed by atoms with Crippen LogP contribution in [0.2, 0.25) is 0 Å². The van der Waals surface area contributed by atoms with Gasteiger partial charge in [0.15, 0.2) is 0 Å². The van der Waals surface area contributed by atoms with Crippen molar-refractivity contribution >= 4 is 35.9 Å². The van der Waals surface area contributed by atoms with Crippen LogP contribution in [-0.2, 0) is 16.1 Å². The van der Waals surface area contributed by atoms with Crippen LogP contribution in [0.5, 0.6) is 0 Å². The number of carbonyl (C=O) groups is 2. The molecule has 0 saturated heterocycles. The molecule has 0 aliphatic rings. The minimum Gasteiger partial charge on any atom is -0.466 e. The van der Waals surface area contributed by atoms with E-state index in [1.165, 1.54) is 25.3 Å². The highest BCUT2D eigenvalue weighted by Gasteiger charge is 2.17. The van der Waals surface area contributed by atoms with Gasteiger partial charge in [0.2, 0.25) is 0 Å². The Kier molecular flexibility index (Phi) is 8.95. The number of benzene rings is 3. The number of urea groups is 1. The number of hydrogen-bond donors (Lipinski definition) is 1. The summed E-state index contributed by atoms with van der Waals surface area (Å²) >= 11 is 0. The van der Waals surface area contributed by atoms with E-state index in [4.69, 9.17) is 0 Å². The van der Waals surface area contributed by atoms with Gasteiger partial charge in [-0.2, -0.15) is 0 Å². The number of carbonyl (C=O) groups excluding carboxylic acids is 2. The number of rotatable bonds is 8. The van der Waals surface area contributed by atoms with E-state index < -0.39 is 5.97 Å². The highest BCUT2D eigenvalue weighted by atomic mass is 19.1. The standard InChI is InChI=1S/C29H29FN2O3/c1-21(2)31-29(34)32(27-9-5-7-24(19-27)16-17-28(33)35-3)20-25-14-11-22(12-15-25)10-13-23-6-4-8-26(30)18-23/h4-19,21H,20H2,1-3H3,(H,31,34)/b13-10+,17-16+. The third kappa shape index (κ3) is 7.96. The first-order valence-electron chi connectivity index (χ1n) is 11.3. The molecule has 0 aliphatic carbocycles. The van der Waals surface area contributed by atoms with Gasteiger partial charge in [-0.25, -0.2) is 14.0 Å². The highest BCUT2D eigenvalue weighted by molar-refractivity contribution is 5.93. The zero-order valence-corrected chi connectivity index (χ0v) is 20.1. The Morgan fingerprint density at radius 3 is 2.23 bits per heavy atom. The van der Waals surface area contributed by atoms with Gasteiger partial charge in [0, 0.05) is 17.8 Å². The molecule has 180 valence electrons. The molecule has 0 atom stereocenters. The predicted octanol–water partition coefficient (Wildman–Crippen LogP) is 6.31. The number of halogens is 1. The van der Waals surface area contributed by atoms with Gasteiger partial charge in [-0.3, -0.25) is 4.90 Å². The van der Waals surface area contributed by atoms with Crippen molar-refractivity contribution in [1.29, 1.82) is 0 Å². The van der Waals surface area contributed by atoms with E-state index in [1.54, 1.807) is 17.0 Å².